The summed E-state index contributed by atoms with van der Waals surface area (Å²) in [6, 6.07) is 9.71. The molecule has 0 spiro atoms. The number of hydrogen-bond donors (Lipinski definition) is 1. The molecule has 0 atom stereocenters. The van der Waals surface area contributed by atoms with Crippen LogP contribution in [0.1, 0.15) is 25.0 Å². The van der Waals surface area contributed by atoms with Crippen LogP contribution in [0.4, 0.5) is 5.82 Å². The van der Waals surface area contributed by atoms with Gasteiger partial charge < -0.3 is 9.88 Å². The largest absolute Gasteiger partial charge is 0.354 e. The lowest BCUT2D eigenvalue weighted by molar-refractivity contribution is 0.249. The third-order valence-corrected chi connectivity index (χ3v) is 5.19. The second-order valence-electron chi connectivity index (χ2n) is 7.03. The molecule has 7 nitrogen and oxygen atoms in total. The zero-order valence-electron chi connectivity index (χ0n) is 15.9. The Bertz CT molecular complexity index is 1080. The SMILES string of the molecule is CCc1cc2ncc(CN3CCN(c4ccc(C#N)cn4)CC3)cc2[nH]c1=O.[HH]. The number of piperazine rings is 1. The second-order valence-corrected chi connectivity index (χ2v) is 7.03. The number of rotatable bonds is 4. The molecule has 1 saturated heterocycles. The van der Waals surface area contributed by atoms with Crippen LogP contribution in [-0.2, 0) is 13.0 Å². The zero-order valence-corrected chi connectivity index (χ0v) is 15.9. The van der Waals surface area contributed by atoms with Gasteiger partial charge in [-0.25, -0.2) is 4.98 Å². The minimum Gasteiger partial charge on any atom is -0.354 e. The summed E-state index contributed by atoms with van der Waals surface area (Å²) in [5.74, 6) is 0.912. The molecule has 0 aromatic carbocycles. The lowest BCUT2D eigenvalue weighted by atomic mass is 10.1. The lowest BCUT2D eigenvalue weighted by Gasteiger charge is -2.35. The van der Waals surface area contributed by atoms with Gasteiger partial charge in [-0.2, -0.15) is 5.26 Å². The maximum atomic E-state index is 12.1. The summed E-state index contributed by atoms with van der Waals surface area (Å²) in [5, 5.41) is 8.89. The number of fused-ring (bicyclic) bond motifs is 1. The van der Waals surface area contributed by atoms with Gasteiger partial charge in [-0.1, -0.05) is 6.92 Å². The lowest BCUT2D eigenvalue weighted by Crippen LogP contribution is -2.46. The molecular formula is C21H24N6O. The molecule has 0 radical (unpaired) electrons. The summed E-state index contributed by atoms with van der Waals surface area (Å²) in [6.07, 6.45) is 4.22. The predicted octanol–water partition coefficient (Wildman–Crippen LogP) is 2.32. The molecule has 4 rings (SSSR count). The maximum Gasteiger partial charge on any atom is 0.251 e. The van der Waals surface area contributed by atoms with Crippen molar-refractivity contribution < 1.29 is 1.43 Å². The number of aryl methyl sites for hydroxylation is 1. The Morgan fingerprint density at radius 3 is 2.68 bits per heavy atom. The van der Waals surface area contributed by atoms with Gasteiger partial charge in [-0.3, -0.25) is 14.7 Å². The van der Waals surface area contributed by atoms with Crippen LogP contribution < -0.4 is 10.5 Å². The van der Waals surface area contributed by atoms with Gasteiger partial charge in [0.2, 0.25) is 0 Å². The third kappa shape index (κ3) is 3.73. The van der Waals surface area contributed by atoms with Crippen LogP contribution in [0.5, 0.6) is 0 Å². The van der Waals surface area contributed by atoms with Gasteiger partial charge >= 0.3 is 0 Å². The van der Waals surface area contributed by atoms with E-state index < -0.39 is 0 Å². The first-order valence-corrected chi connectivity index (χ1v) is 9.50. The Morgan fingerprint density at radius 1 is 1.18 bits per heavy atom. The predicted molar refractivity (Wildman–Crippen MR) is 110 cm³/mol. The van der Waals surface area contributed by atoms with Gasteiger partial charge in [0.05, 0.1) is 16.6 Å². The number of hydrogen-bond acceptors (Lipinski definition) is 6. The van der Waals surface area contributed by atoms with Crippen molar-refractivity contribution in [2.24, 2.45) is 0 Å². The molecule has 28 heavy (non-hydrogen) atoms. The van der Waals surface area contributed by atoms with E-state index in [9.17, 15) is 4.79 Å². The average molecular weight is 376 g/mol. The van der Waals surface area contributed by atoms with E-state index in [1.54, 1.807) is 12.3 Å². The van der Waals surface area contributed by atoms with Crippen LogP contribution in [0.3, 0.4) is 0 Å². The van der Waals surface area contributed by atoms with Crippen LogP contribution in [-0.4, -0.2) is 46.0 Å². The van der Waals surface area contributed by atoms with Gasteiger partial charge in [0.1, 0.15) is 11.9 Å². The highest BCUT2D eigenvalue weighted by Crippen LogP contribution is 2.17. The molecule has 0 aliphatic carbocycles. The molecule has 0 unspecified atom stereocenters. The van der Waals surface area contributed by atoms with Crippen molar-refractivity contribution in [2.75, 3.05) is 31.1 Å². The molecule has 1 N–H and O–H groups in total. The summed E-state index contributed by atoms with van der Waals surface area (Å²) in [5.41, 5.74) is 4.03. The van der Waals surface area contributed by atoms with Crippen LogP contribution in [0.2, 0.25) is 0 Å². The summed E-state index contributed by atoms with van der Waals surface area (Å²) < 4.78 is 0. The van der Waals surface area contributed by atoms with E-state index >= 15 is 0 Å². The Balaban J connectivity index is 0.00000240. The first-order chi connectivity index (χ1) is 13.7. The Hall–Kier alpha value is -3.24. The van der Waals surface area contributed by atoms with Gasteiger partial charge in [-0.05, 0) is 36.2 Å². The second kappa shape index (κ2) is 7.79. The highest BCUT2D eigenvalue weighted by molar-refractivity contribution is 5.74. The van der Waals surface area contributed by atoms with Crippen LogP contribution in [0.25, 0.3) is 11.0 Å². The molecule has 1 fully saturated rings. The topological polar surface area (TPSA) is 88.9 Å². The smallest absolute Gasteiger partial charge is 0.251 e. The van der Waals surface area contributed by atoms with Crippen molar-refractivity contribution in [3.05, 3.63) is 63.7 Å². The number of nitrogens with zero attached hydrogens (tertiary/aromatic N) is 5. The zero-order chi connectivity index (χ0) is 19.5. The van der Waals surface area contributed by atoms with Crippen molar-refractivity contribution >= 4 is 16.9 Å². The Morgan fingerprint density at radius 2 is 2.00 bits per heavy atom. The fraction of sp³-hybridized carbons (Fsp3) is 0.333. The molecule has 7 heteroatoms. The minimum absolute atomic E-state index is 0. The molecule has 144 valence electrons. The molecule has 4 heterocycles. The number of aromatic amines is 1. The van der Waals surface area contributed by atoms with Crippen LogP contribution >= 0.6 is 0 Å². The summed E-state index contributed by atoms with van der Waals surface area (Å²) in [4.78, 5) is 28.5. The van der Waals surface area contributed by atoms with Gasteiger partial charge in [0, 0.05) is 52.1 Å². The van der Waals surface area contributed by atoms with Crippen molar-refractivity contribution in [2.45, 2.75) is 19.9 Å². The average Bonchev–Trinajstić information content (AvgIpc) is 2.74. The minimum atomic E-state index is -0.0301. The van der Waals surface area contributed by atoms with E-state index in [1.165, 1.54) is 0 Å². The van der Waals surface area contributed by atoms with Gasteiger partial charge in [0.15, 0.2) is 0 Å². The summed E-state index contributed by atoms with van der Waals surface area (Å²) in [7, 11) is 0. The van der Waals surface area contributed by atoms with E-state index in [0.29, 0.717) is 12.0 Å². The van der Waals surface area contributed by atoms with E-state index in [4.69, 9.17) is 5.26 Å². The molecule has 0 saturated carbocycles. The van der Waals surface area contributed by atoms with Crippen LogP contribution in [0, 0.1) is 11.3 Å². The number of nitrogens with one attached hydrogen (secondary N) is 1. The molecule has 0 amide bonds. The quantitative estimate of drug-likeness (QED) is 0.752. The maximum absolute atomic E-state index is 12.1. The highest BCUT2D eigenvalue weighted by atomic mass is 16.1. The fourth-order valence-electron chi connectivity index (χ4n) is 3.55. The van der Waals surface area contributed by atoms with E-state index in [0.717, 1.165) is 60.7 Å². The highest BCUT2D eigenvalue weighted by Gasteiger charge is 2.18. The first kappa shape index (κ1) is 18.1. The van der Waals surface area contributed by atoms with E-state index in [-0.39, 0.29) is 6.99 Å². The van der Waals surface area contributed by atoms with E-state index in [2.05, 4.69) is 30.8 Å². The van der Waals surface area contributed by atoms with Crippen molar-refractivity contribution in [1.82, 2.24) is 19.9 Å². The van der Waals surface area contributed by atoms with Crippen molar-refractivity contribution in [1.29, 1.82) is 5.26 Å². The molecule has 1 aliphatic heterocycles. The van der Waals surface area contributed by atoms with Gasteiger partial charge in [0.25, 0.3) is 5.56 Å². The normalized spacial score (nSPS) is 14.9. The number of aromatic nitrogens is 3. The number of nitriles is 1. The Labute approximate surface area is 164 Å². The molecule has 0 bridgehead atoms. The van der Waals surface area contributed by atoms with Crippen LogP contribution in [0.15, 0.2) is 41.5 Å². The summed E-state index contributed by atoms with van der Waals surface area (Å²) in [6.45, 7) is 6.39. The molecular weight excluding hydrogens is 352 g/mol. The molecule has 1 aliphatic rings. The first-order valence-electron chi connectivity index (χ1n) is 9.50. The fourth-order valence-corrected chi connectivity index (χ4v) is 3.55. The number of anilines is 1. The Kier molecular flexibility index (Phi) is 5.04. The summed E-state index contributed by atoms with van der Waals surface area (Å²) >= 11 is 0. The molecule has 3 aromatic rings. The standard InChI is InChI=1S/C21H22N6O.H2/c1-2-17-10-18-19(25-21(17)28)9-16(13-23-18)14-26-5-7-27(8-6-26)20-4-3-15(11-22)12-24-20;/h3-4,9-10,12-13H,2,5-8,14H2,1H3,(H,25,28);1H. The van der Waals surface area contributed by atoms with E-state index in [1.807, 2.05) is 31.3 Å². The van der Waals surface area contributed by atoms with Gasteiger partial charge in [-0.15, -0.1) is 0 Å². The molecule has 3 aromatic heterocycles. The number of H-pyrrole nitrogens is 1. The van der Waals surface area contributed by atoms with Crippen molar-refractivity contribution in [3.8, 4) is 6.07 Å². The monoisotopic (exact) mass is 376 g/mol. The van der Waals surface area contributed by atoms with Crippen molar-refractivity contribution in [3.63, 3.8) is 0 Å². The number of pyridine rings is 3. The third-order valence-electron chi connectivity index (χ3n) is 5.19.